The fourth-order valence-electron chi connectivity index (χ4n) is 3.93. The lowest BCUT2D eigenvalue weighted by molar-refractivity contribution is -0.129. The van der Waals surface area contributed by atoms with Gasteiger partial charge in [0.05, 0.1) is 11.7 Å². The molecule has 2 amide bonds. The summed E-state index contributed by atoms with van der Waals surface area (Å²) in [6.45, 7) is 0.0798. The zero-order chi connectivity index (χ0) is 22.8. The van der Waals surface area contributed by atoms with E-state index in [4.69, 9.17) is 0 Å². The standard InChI is InChI=1S/C22H22F2N4O3S/c1-25-20(30)19(12-6-7-14(23)15(24)10-12)27-17(29)8-9-28-11-26-21-18(22(28)31)13-4-2-3-5-16(13)32-21/h6-7,10-11,19H,2-5,8-9H2,1H3,(H,25,30)(H,27,29). The Kier molecular flexibility index (Phi) is 6.31. The van der Waals surface area contributed by atoms with Crippen LogP contribution in [0.1, 0.15) is 41.3 Å². The minimum Gasteiger partial charge on any atom is -0.357 e. The van der Waals surface area contributed by atoms with Gasteiger partial charge in [0, 0.05) is 24.9 Å². The highest BCUT2D eigenvalue weighted by atomic mass is 32.1. The zero-order valence-electron chi connectivity index (χ0n) is 17.4. The number of aromatic nitrogens is 2. The summed E-state index contributed by atoms with van der Waals surface area (Å²) in [5.74, 6) is -3.25. The van der Waals surface area contributed by atoms with Crippen molar-refractivity contribution in [3.05, 3.63) is 62.5 Å². The van der Waals surface area contributed by atoms with Gasteiger partial charge in [0.25, 0.3) is 5.56 Å². The first-order valence-corrected chi connectivity index (χ1v) is 11.2. The van der Waals surface area contributed by atoms with Crippen LogP contribution >= 0.6 is 11.3 Å². The molecule has 0 spiro atoms. The number of hydrogen-bond donors (Lipinski definition) is 2. The van der Waals surface area contributed by atoms with Crippen LogP contribution < -0.4 is 16.2 Å². The number of carbonyl (C=O) groups excluding carboxylic acids is 2. The molecular formula is C22H22F2N4O3S. The molecule has 0 saturated carbocycles. The number of halogens is 2. The summed E-state index contributed by atoms with van der Waals surface area (Å²) in [7, 11) is 1.38. The SMILES string of the molecule is CNC(=O)C(NC(=O)CCn1cnc2sc3c(c2c1=O)CCCC3)c1ccc(F)c(F)c1. The first-order valence-electron chi connectivity index (χ1n) is 10.3. The van der Waals surface area contributed by atoms with E-state index in [2.05, 4.69) is 15.6 Å². The van der Waals surface area contributed by atoms with Gasteiger partial charge in [-0.3, -0.25) is 19.0 Å². The van der Waals surface area contributed by atoms with Crippen LogP contribution in [-0.4, -0.2) is 28.4 Å². The fourth-order valence-corrected chi connectivity index (χ4v) is 5.15. The lowest BCUT2D eigenvalue weighted by Gasteiger charge is -2.18. The number of likely N-dealkylation sites (N-methyl/N-ethyl adjacent to an activating group) is 1. The molecule has 2 aromatic heterocycles. The normalized spacial score (nSPS) is 14.1. The zero-order valence-corrected chi connectivity index (χ0v) is 18.2. The largest absolute Gasteiger partial charge is 0.357 e. The molecule has 0 fully saturated rings. The lowest BCUT2D eigenvalue weighted by Crippen LogP contribution is -2.39. The van der Waals surface area contributed by atoms with Crippen molar-refractivity contribution in [2.75, 3.05) is 7.05 Å². The maximum absolute atomic E-state index is 13.6. The number of nitrogens with zero attached hydrogens (tertiary/aromatic N) is 2. The van der Waals surface area contributed by atoms with Gasteiger partial charge in [-0.15, -0.1) is 11.3 Å². The highest BCUT2D eigenvalue weighted by Gasteiger charge is 2.24. The number of nitrogens with one attached hydrogen (secondary N) is 2. The van der Waals surface area contributed by atoms with E-state index in [9.17, 15) is 23.2 Å². The Morgan fingerprint density at radius 1 is 1.22 bits per heavy atom. The van der Waals surface area contributed by atoms with E-state index in [-0.39, 0.29) is 24.1 Å². The van der Waals surface area contributed by atoms with Gasteiger partial charge in [-0.25, -0.2) is 13.8 Å². The molecule has 7 nitrogen and oxygen atoms in total. The first-order chi connectivity index (χ1) is 15.4. The topological polar surface area (TPSA) is 93.1 Å². The third-order valence-electron chi connectivity index (χ3n) is 5.61. The number of aryl methyl sites for hydroxylation is 3. The van der Waals surface area contributed by atoms with E-state index in [1.165, 1.54) is 28.9 Å². The minimum atomic E-state index is -1.19. The Hall–Kier alpha value is -3.14. The van der Waals surface area contributed by atoms with Crippen molar-refractivity contribution >= 4 is 33.4 Å². The molecule has 1 unspecified atom stereocenters. The maximum atomic E-state index is 13.6. The van der Waals surface area contributed by atoms with E-state index in [1.807, 2.05) is 0 Å². The Balaban J connectivity index is 1.50. The highest BCUT2D eigenvalue weighted by Crippen LogP contribution is 2.33. The van der Waals surface area contributed by atoms with Gasteiger partial charge in [0.2, 0.25) is 11.8 Å². The van der Waals surface area contributed by atoms with Crippen LogP contribution in [0.3, 0.4) is 0 Å². The van der Waals surface area contributed by atoms with Crippen molar-refractivity contribution in [2.24, 2.45) is 0 Å². The molecule has 2 N–H and O–H groups in total. The Labute approximate surface area is 186 Å². The van der Waals surface area contributed by atoms with E-state index < -0.39 is 29.5 Å². The van der Waals surface area contributed by atoms with Gasteiger partial charge >= 0.3 is 0 Å². The molecule has 10 heteroatoms. The summed E-state index contributed by atoms with van der Waals surface area (Å²) in [6, 6.07) is 1.82. The Morgan fingerprint density at radius 3 is 2.75 bits per heavy atom. The number of thiophene rings is 1. The third kappa shape index (κ3) is 4.27. The second kappa shape index (κ2) is 9.15. The van der Waals surface area contributed by atoms with Crippen molar-refractivity contribution in [1.82, 2.24) is 20.2 Å². The Bertz CT molecular complexity index is 1250. The van der Waals surface area contributed by atoms with Gasteiger partial charge in [-0.05, 0) is 48.9 Å². The van der Waals surface area contributed by atoms with Crippen molar-refractivity contribution in [3.8, 4) is 0 Å². The Morgan fingerprint density at radius 2 is 2.00 bits per heavy atom. The van der Waals surface area contributed by atoms with E-state index in [0.29, 0.717) is 5.39 Å². The highest BCUT2D eigenvalue weighted by molar-refractivity contribution is 7.18. The molecule has 3 aromatic rings. The molecule has 1 aromatic carbocycles. The van der Waals surface area contributed by atoms with Gasteiger partial charge in [-0.2, -0.15) is 0 Å². The van der Waals surface area contributed by atoms with Gasteiger partial charge in [0.15, 0.2) is 11.6 Å². The molecule has 2 heterocycles. The van der Waals surface area contributed by atoms with Gasteiger partial charge in [-0.1, -0.05) is 6.07 Å². The molecule has 0 bridgehead atoms. The summed E-state index contributed by atoms with van der Waals surface area (Å²) >= 11 is 1.56. The second-order valence-electron chi connectivity index (χ2n) is 7.67. The molecule has 4 rings (SSSR count). The average Bonchev–Trinajstić information content (AvgIpc) is 3.18. The van der Waals surface area contributed by atoms with Crippen molar-refractivity contribution in [2.45, 2.75) is 44.7 Å². The molecule has 1 atom stereocenters. The molecule has 1 aliphatic carbocycles. The third-order valence-corrected chi connectivity index (χ3v) is 6.81. The average molecular weight is 461 g/mol. The van der Waals surface area contributed by atoms with Crippen LogP contribution in [0.25, 0.3) is 10.2 Å². The van der Waals surface area contributed by atoms with E-state index in [0.717, 1.165) is 48.2 Å². The van der Waals surface area contributed by atoms with Crippen LogP contribution in [0.15, 0.2) is 29.3 Å². The molecule has 0 aliphatic heterocycles. The van der Waals surface area contributed by atoms with E-state index in [1.54, 1.807) is 11.3 Å². The molecule has 0 radical (unpaired) electrons. The smallest absolute Gasteiger partial charge is 0.262 e. The number of fused-ring (bicyclic) bond motifs is 3. The summed E-state index contributed by atoms with van der Waals surface area (Å²) < 4.78 is 28.3. The summed E-state index contributed by atoms with van der Waals surface area (Å²) in [5.41, 5.74) is 1.01. The predicted molar refractivity (Wildman–Crippen MR) is 116 cm³/mol. The first kappa shape index (κ1) is 22.1. The lowest BCUT2D eigenvalue weighted by atomic mass is 9.97. The van der Waals surface area contributed by atoms with Crippen molar-refractivity contribution in [3.63, 3.8) is 0 Å². The number of rotatable bonds is 6. The van der Waals surface area contributed by atoms with Crippen LogP contribution in [0.4, 0.5) is 8.78 Å². The monoisotopic (exact) mass is 460 g/mol. The van der Waals surface area contributed by atoms with Crippen LogP contribution in [-0.2, 0) is 29.0 Å². The van der Waals surface area contributed by atoms with Crippen LogP contribution in [0.2, 0.25) is 0 Å². The molecular weight excluding hydrogens is 438 g/mol. The molecule has 1 aliphatic rings. The molecule has 32 heavy (non-hydrogen) atoms. The fraction of sp³-hybridized carbons (Fsp3) is 0.364. The number of carbonyl (C=O) groups is 2. The number of hydrogen-bond acceptors (Lipinski definition) is 5. The number of benzene rings is 1. The second-order valence-corrected chi connectivity index (χ2v) is 8.76. The van der Waals surface area contributed by atoms with Gasteiger partial charge in [0.1, 0.15) is 10.9 Å². The minimum absolute atomic E-state index is 0.0798. The summed E-state index contributed by atoms with van der Waals surface area (Å²) in [6.07, 6.45) is 5.32. The summed E-state index contributed by atoms with van der Waals surface area (Å²) in [4.78, 5) is 44.1. The predicted octanol–water partition coefficient (Wildman–Crippen LogP) is 2.61. The van der Waals surface area contributed by atoms with Crippen molar-refractivity contribution in [1.29, 1.82) is 0 Å². The molecule has 168 valence electrons. The molecule has 0 saturated heterocycles. The van der Waals surface area contributed by atoms with Crippen LogP contribution in [0.5, 0.6) is 0 Å². The van der Waals surface area contributed by atoms with Crippen LogP contribution in [0, 0.1) is 11.6 Å². The maximum Gasteiger partial charge on any atom is 0.262 e. The quantitative estimate of drug-likeness (QED) is 0.592. The summed E-state index contributed by atoms with van der Waals surface area (Å²) in [5, 5.41) is 5.56. The van der Waals surface area contributed by atoms with Gasteiger partial charge < -0.3 is 10.6 Å². The number of amides is 2. The van der Waals surface area contributed by atoms with E-state index >= 15 is 0 Å². The van der Waals surface area contributed by atoms with Crippen molar-refractivity contribution < 1.29 is 18.4 Å².